The van der Waals surface area contributed by atoms with Crippen molar-refractivity contribution in [3.63, 3.8) is 0 Å². The van der Waals surface area contributed by atoms with Crippen LogP contribution in [0.15, 0.2) is 24.8 Å². The molecule has 1 atom stereocenters. The largest absolute Gasteiger partial charge is 0.492 e. The second-order valence-electron chi connectivity index (χ2n) is 5.60. The van der Waals surface area contributed by atoms with Crippen molar-refractivity contribution in [3.05, 3.63) is 35.9 Å². The van der Waals surface area contributed by atoms with Gasteiger partial charge in [0, 0.05) is 24.7 Å². The molecule has 96 valence electrons. The highest BCUT2D eigenvalue weighted by Crippen LogP contribution is 2.33. The van der Waals surface area contributed by atoms with Gasteiger partial charge in [-0.1, -0.05) is 24.8 Å². The molecular weight excluding hydrogens is 222 g/mol. The Kier molecular flexibility index (Phi) is 3.13. The van der Waals surface area contributed by atoms with Crippen molar-refractivity contribution in [2.24, 2.45) is 5.92 Å². The van der Waals surface area contributed by atoms with E-state index in [9.17, 15) is 0 Å². The Bertz CT molecular complexity index is 450. The van der Waals surface area contributed by atoms with Crippen molar-refractivity contribution in [2.45, 2.75) is 32.4 Å². The van der Waals surface area contributed by atoms with E-state index in [4.69, 9.17) is 4.74 Å². The molecular formula is C16H21NO. The molecule has 0 radical (unpaired) electrons. The van der Waals surface area contributed by atoms with Crippen LogP contribution >= 0.6 is 0 Å². The van der Waals surface area contributed by atoms with Crippen LogP contribution in [0.5, 0.6) is 5.75 Å². The van der Waals surface area contributed by atoms with Crippen LogP contribution in [0.2, 0.25) is 0 Å². The summed E-state index contributed by atoms with van der Waals surface area (Å²) in [5, 5.41) is 0. The molecule has 1 aromatic rings. The smallest absolute Gasteiger partial charge is 0.124 e. The molecule has 0 N–H and O–H groups in total. The molecule has 18 heavy (non-hydrogen) atoms. The number of rotatable bonds is 3. The first-order valence-electron chi connectivity index (χ1n) is 6.88. The highest BCUT2D eigenvalue weighted by molar-refractivity contribution is 5.52. The highest BCUT2D eigenvalue weighted by atomic mass is 16.5. The van der Waals surface area contributed by atoms with Gasteiger partial charge < -0.3 is 4.74 Å². The third kappa shape index (κ3) is 2.44. The van der Waals surface area contributed by atoms with Gasteiger partial charge in [0.1, 0.15) is 12.4 Å². The summed E-state index contributed by atoms with van der Waals surface area (Å²) in [5.41, 5.74) is 2.45. The summed E-state index contributed by atoms with van der Waals surface area (Å²) < 4.78 is 5.95. The molecule has 2 nitrogen and oxygen atoms in total. The molecule has 1 fully saturated rings. The van der Waals surface area contributed by atoms with Gasteiger partial charge >= 0.3 is 0 Å². The maximum absolute atomic E-state index is 5.95. The van der Waals surface area contributed by atoms with Gasteiger partial charge in [-0.05, 0) is 37.3 Å². The fourth-order valence-corrected chi connectivity index (χ4v) is 2.53. The van der Waals surface area contributed by atoms with E-state index in [-0.39, 0.29) is 0 Å². The Morgan fingerprint density at radius 2 is 2.28 bits per heavy atom. The Morgan fingerprint density at radius 3 is 3.00 bits per heavy atom. The normalized spacial score (nSPS) is 23.9. The molecule has 0 amide bonds. The standard InChI is InChI=1S/C16H21NO/c1-3-13-6-7-15-10-17(9-14-4-5-14)12(2)11-18-16(15)8-13/h3,6-8,12,14H,1,4-5,9-11H2,2H3/t12-/m0/s1. The van der Waals surface area contributed by atoms with Crippen LogP contribution in [0.1, 0.15) is 30.9 Å². The number of hydrogen-bond acceptors (Lipinski definition) is 2. The van der Waals surface area contributed by atoms with Crippen LogP contribution in [0, 0.1) is 5.92 Å². The summed E-state index contributed by atoms with van der Waals surface area (Å²) in [7, 11) is 0. The second-order valence-corrected chi connectivity index (χ2v) is 5.60. The van der Waals surface area contributed by atoms with Crippen molar-refractivity contribution < 1.29 is 4.74 Å². The van der Waals surface area contributed by atoms with Crippen molar-refractivity contribution in [2.75, 3.05) is 13.2 Å². The molecule has 0 unspecified atom stereocenters. The Morgan fingerprint density at radius 1 is 1.44 bits per heavy atom. The van der Waals surface area contributed by atoms with Gasteiger partial charge in [0.15, 0.2) is 0 Å². The van der Waals surface area contributed by atoms with E-state index in [1.54, 1.807) is 0 Å². The minimum atomic E-state index is 0.505. The zero-order chi connectivity index (χ0) is 12.5. The van der Waals surface area contributed by atoms with Crippen LogP contribution in [-0.2, 0) is 6.54 Å². The first-order valence-corrected chi connectivity index (χ1v) is 6.88. The molecule has 0 aromatic heterocycles. The Balaban J connectivity index is 1.82. The summed E-state index contributed by atoms with van der Waals surface area (Å²) in [6.45, 7) is 9.12. The molecule has 1 aromatic carbocycles. The molecule has 2 aliphatic rings. The van der Waals surface area contributed by atoms with E-state index in [1.807, 2.05) is 6.08 Å². The van der Waals surface area contributed by atoms with E-state index in [2.05, 4.69) is 36.6 Å². The van der Waals surface area contributed by atoms with Gasteiger partial charge in [-0.3, -0.25) is 4.90 Å². The number of fused-ring (bicyclic) bond motifs is 1. The van der Waals surface area contributed by atoms with Gasteiger partial charge in [0.25, 0.3) is 0 Å². The molecule has 1 aliphatic carbocycles. The van der Waals surface area contributed by atoms with Gasteiger partial charge in [-0.25, -0.2) is 0 Å². The molecule has 0 saturated heterocycles. The monoisotopic (exact) mass is 243 g/mol. The zero-order valence-electron chi connectivity index (χ0n) is 11.1. The van der Waals surface area contributed by atoms with E-state index in [0.29, 0.717) is 6.04 Å². The van der Waals surface area contributed by atoms with E-state index >= 15 is 0 Å². The molecule has 1 aliphatic heterocycles. The van der Waals surface area contributed by atoms with Crippen LogP contribution in [0.3, 0.4) is 0 Å². The average molecular weight is 243 g/mol. The summed E-state index contributed by atoms with van der Waals surface area (Å²) in [6, 6.07) is 6.92. The first-order chi connectivity index (χ1) is 8.76. The maximum atomic E-state index is 5.95. The third-order valence-electron chi connectivity index (χ3n) is 3.99. The van der Waals surface area contributed by atoms with Crippen molar-refractivity contribution in [1.29, 1.82) is 0 Å². The van der Waals surface area contributed by atoms with Crippen LogP contribution in [0.25, 0.3) is 6.08 Å². The van der Waals surface area contributed by atoms with Crippen LogP contribution in [0.4, 0.5) is 0 Å². The maximum Gasteiger partial charge on any atom is 0.124 e. The van der Waals surface area contributed by atoms with Crippen LogP contribution < -0.4 is 4.74 Å². The van der Waals surface area contributed by atoms with Crippen molar-refractivity contribution >= 4 is 6.08 Å². The second kappa shape index (κ2) is 4.77. The van der Waals surface area contributed by atoms with Gasteiger partial charge in [0.05, 0.1) is 0 Å². The molecule has 1 saturated carbocycles. The SMILES string of the molecule is C=Cc1ccc2c(c1)OC[C@H](C)N(CC1CC1)C2. The van der Waals surface area contributed by atoms with Crippen molar-refractivity contribution in [3.8, 4) is 5.75 Å². The fraction of sp³-hybridized carbons (Fsp3) is 0.500. The lowest BCUT2D eigenvalue weighted by atomic mass is 10.1. The lowest BCUT2D eigenvalue weighted by Crippen LogP contribution is -2.36. The molecule has 0 bridgehead atoms. The van der Waals surface area contributed by atoms with Gasteiger partial charge in [0.2, 0.25) is 0 Å². The van der Waals surface area contributed by atoms with E-state index < -0.39 is 0 Å². The predicted molar refractivity (Wildman–Crippen MR) is 74.6 cm³/mol. The van der Waals surface area contributed by atoms with Gasteiger partial charge in [-0.2, -0.15) is 0 Å². The summed E-state index contributed by atoms with van der Waals surface area (Å²) in [6.07, 6.45) is 4.69. The number of nitrogens with zero attached hydrogens (tertiary/aromatic N) is 1. The number of benzene rings is 1. The quantitative estimate of drug-likeness (QED) is 0.807. The lowest BCUT2D eigenvalue weighted by Gasteiger charge is -2.25. The Hall–Kier alpha value is -1.28. The summed E-state index contributed by atoms with van der Waals surface area (Å²) in [5.74, 6) is 1.97. The fourth-order valence-electron chi connectivity index (χ4n) is 2.53. The van der Waals surface area contributed by atoms with Gasteiger partial charge in [-0.15, -0.1) is 0 Å². The van der Waals surface area contributed by atoms with Crippen LogP contribution in [-0.4, -0.2) is 24.1 Å². The van der Waals surface area contributed by atoms with E-state index in [1.165, 1.54) is 24.9 Å². The highest BCUT2D eigenvalue weighted by Gasteiger charge is 2.28. The zero-order valence-corrected chi connectivity index (χ0v) is 11.1. The third-order valence-corrected chi connectivity index (χ3v) is 3.99. The molecule has 3 rings (SSSR count). The van der Waals surface area contributed by atoms with Crippen molar-refractivity contribution in [1.82, 2.24) is 4.90 Å². The minimum Gasteiger partial charge on any atom is -0.492 e. The summed E-state index contributed by atoms with van der Waals surface area (Å²) >= 11 is 0. The number of hydrogen-bond donors (Lipinski definition) is 0. The average Bonchev–Trinajstić information content (AvgIpc) is 3.20. The topological polar surface area (TPSA) is 12.5 Å². The first kappa shape index (κ1) is 11.8. The molecule has 0 spiro atoms. The summed E-state index contributed by atoms with van der Waals surface area (Å²) in [4.78, 5) is 2.57. The molecule has 1 heterocycles. The Labute approximate surface area is 109 Å². The molecule has 2 heteroatoms. The predicted octanol–water partition coefficient (Wildman–Crippen LogP) is 3.32. The minimum absolute atomic E-state index is 0.505. The van der Waals surface area contributed by atoms with E-state index in [0.717, 1.165) is 30.4 Å². The lowest BCUT2D eigenvalue weighted by molar-refractivity contribution is 0.152. The number of ether oxygens (including phenoxy) is 1.